The minimum atomic E-state index is -0.175. The van der Waals surface area contributed by atoms with Crippen molar-refractivity contribution in [1.29, 1.82) is 0 Å². The summed E-state index contributed by atoms with van der Waals surface area (Å²) in [6.45, 7) is 3.98. The minimum Gasteiger partial charge on any atom is -0.494 e. The lowest BCUT2D eigenvalue weighted by Gasteiger charge is -2.17. The van der Waals surface area contributed by atoms with Crippen molar-refractivity contribution in [2.75, 3.05) is 6.61 Å². The Morgan fingerprint density at radius 1 is 1.25 bits per heavy atom. The number of carbonyl (C=O) groups excluding carboxylic acids is 3. The maximum atomic E-state index is 11.7. The largest absolute Gasteiger partial charge is 0.494 e. The van der Waals surface area contributed by atoms with E-state index in [1.807, 2.05) is 6.92 Å². The van der Waals surface area contributed by atoms with E-state index in [0.29, 0.717) is 23.5 Å². The molecule has 0 saturated carbocycles. The van der Waals surface area contributed by atoms with Gasteiger partial charge in [0.15, 0.2) is 5.78 Å². The third-order valence-corrected chi connectivity index (χ3v) is 3.25. The summed E-state index contributed by atoms with van der Waals surface area (Å²) in [5, 5.41) is 0. The SMILES string of the molecule is CCOc1ccc(C(C)=O)cc1CN1C(=O)CCC1=O. The molecule has 1 fully saturated rings. The third-order valence-electron chi connectivity index (χ3n) is 3.25. The monoisotopic (exact) mass is 275 g/mol. The van der Waals surface area contributed by atoms with Crippen LogP contribution in [0.2, 0.25) is 0 Å². The van der Waals surface area contributed by atoms with E-state index in [2.05, 4.69) is 0 Å². The van der Waals surface area contributed by atoms with Gasteiger partial charge in [-0.25, -0.2) is 0 Å². The Balaban J connectivity index is 2.32. The second kappa shape index (κ2) is 5.86. The Kier molecular flexibility index (Phi) is 4.17. The molecule has 0 N–H and O–H groups in total. The fraction of sp³-hybridized carbons (Fsp3) is 0.400. The van der Waals surface area contributed by atoms with Gasteiger partial charge >= 0.3 is 0 Å². The lowest BCUT2D eigenvalue weighted by molar-refractivity contribution is -0.139. The Morgan fingerprint density at radius 3 is 2.45 bits per heavy atom. The average molecular weight is 275 g/mol. The van der Waals surface area contributed by atoms with Crippen molar-refractivity contribution in [1.82, 2.24) is 4.90 Å². The van der Waals surface area contributed by atoms with E-state index in [0.717, 1.165) is 0 Å². The van der Waals surface area contributed by atoms with Crippen LogP contribution in [0.1, 0.15) is 42.6 Å². The molecule has 5 nitrogen and oxygen atoms in total. The number of ether oxygens (including phenoxy) is 1. The Morgan fingerprint density at radius 2 is 1.90 bits per heavy atom. The summed E-state index contributed by atoms with van der Waals surface area (Å²) in [7, 11) is 0. The summed E-state index contributed by atoms with van der Waals surface area (Å²) in [5.74, 6) is 0.190. The van der Waals surface area contributed by atoms with Crippen molar-refractivity contribution in [2.24, 2.45) is 0 Å². The molecule has 5 heteroatoms. The highest BCUT2D eigenvalue weighted by Gasteiger charge is 2.29. The van der Waals surface area contributed by atoms with Gasteiger partial charge in [-0.2, -0.15) is 0 Å². The molecule has 106 valence electrons. The maximum absolute atomic E-state index is 11.7. The molecule has 1 heterocycles. The smallest absolute Gasteiger partial charge is 0.230 e. The number of hydrogen-bond donors (Lipinski definition) is 0. The first-order valence-electron chi connectivity index (χ1n) is 6.62. The second-order valence-corrected chi connectivity index (χ2v) is 4.69. The van der Waals surface area contributed by atoms with Crippen molar-refractivity contribution in [2.45, 2.75) is 33.2 Å². The number of benzene rings is 1. The minimum absolute atomic E-state index is 0.0617. The van der Waals surface area contributed by atoms with Crippen LogP contribution in [0.25, 0.3) is 0 Å². The number of ketones is 1. The standard InChI is InChI=1S/C15H17NO4/c1-3-20-13-5-4-11(10(2)17)8-12(13)9-16-14(18)6-7-15(16)19/h4-5,8H,3,6-7,9H2,1-2H3. The van der Waals surface area contributed by atoms with Gasteiger partial charge < -0.3 is 4.74 Å². The molecule has 0 radical (unpaired) electrons. The Hall–Kier alpha value is -2.17. The quantitative estimate of drug-likeness (QED) is 0.608. The molecule has 0 unspecified atom stereocenters. The van der Waals surface area contributed by atoms with Gasteiger partial charge in [-0.1, -0.05) is 0 Å². The summed E-state index contributed by atoms with van der Waals surface area (Å²) in [6, 6.07) is 5.08. The van der Waals surface area contributed by atoms with Crippen LogP contribution >= 0.6 is 0 Å². The highest BCUT2D eigenvalue weighted by molar-refractivity contribution is 6.02. The first-order valence-corrected chi connectivity index (χ1v) is 6.62. The van der Waals surface area contributed by atoms with Crippen molar-refractivity contribution in [3.63, 3.8) is 0 Å². The Labute approximate surface area is 117 Å². The van der Waals surface area contributed by atoms with Crippen LogP contribution in [-0.2, 0) is 16.1 Å². The lowest BCUT2D eigenvalue weighted by atomic mass is 10.1. The van der Waals surface area contributed by atoms with Crippen LogP contribution in [-0.4, -0.2) is 29.1 Å². The van der Waals surface area contributed by atoms with Crippen molar-refractivity contribution in [3.8, 4) is 5.75 Å². The molecular weight excluding hydrogens is 258 g/mol. The first kappa shape index (κ1) is 14.2. The molecule has 2 amide bonds. The van der Waals surface area contributed by atoms with Gasteiger partial charge in [0.05, 0.1) is 13.2 Å². The van der Waals surface area contributed by atoms with Crippen LogP contribution in [0.5, 0.6) is 5.75 Å². The number of carbonyl (C=O) groups is 3. The van der Waals surface area contributed by atoms with Crippen LogP contribution in [0.3, 0.4) is 0 Å². The number of Topliss-reactive ketones (excluding diaryl/α,β-unsaturated/α-hetero) is 1. The highest BCUT2D eigenvalue weighted by atomic mass is 16.5. The van der Waals surface area contributed by atoms with E-state index in [1.165, 1.54) is 11.8 Å². The molecule has 0 spiro atoms. The molecule has 0 atom stereocenters. The summed E-state index contributed by atoms with van der Waals surface area (Å²) in [4.78, 5) is 36.0. The molecule has 1 aromatic rings. The summed E-state index contributed by atoms with van der Waals surface area (Å²) in [5.41, 5.74) is 1.23. The van der Waals surface area contributed by atoms with Crippen molar-refractivity contribution < 1.29 is 19.1 Å². The van der Waals surface area contributed by atoms with Crippen LogP contribution < -0.4 is 4.74 Å². The number of hydrogen-bond acceptors (Lipinski definition) is 4. The van der Waals surface area contributed by atoms with Crippen LogP contribution in [0, 0.1) is 0 Å². The summed E-state index contributed by atoms with van der Waals surface area (Å²) in [6.07, 6.45) is 0.518. The molecule has 1 aliphatic heterocycles. The highest BCUT2D eigenvalue weighted by Crippen LogP contribution is 2.25. The van der Waals surface area contributed by atoms with Crippen LogP contribution in [0.4, 0.5) is 0 Å². The van der Waals surface area contributed by atoms with Gasteiger partial charge in [-0.15, -0.1) is 0 Å². The molecule has 1 saturated heterocycles. The lowest BCUT2D eigenvalue weighted by Crippen LogP contribution is -2.28. The van der Waals surface area contributed by atoms with Crippen molar-refractivity contribution in [3.05, 3.63) is 29.3 Å². The third kappa shape index (κ3) is 2.87. The summed E-state index contributed by atoms with van der Waals surface area (Å²) >= 11 is 0. The van der Waals surface area contributed by atoms with E-state index < -0.39 is 0 Å². The molecule has 1 aromatic carbocycles. The zero-order chi connectivity index (χ0) is 14.7. The molecule has 1 aliphatic rings. The fourth-order valence-corrected chi connectivity index (χ4v) is 2.19. The van der Waals surface area contributed by atoms with E-state index in [4.69, 9.17) is 4.74 Å². The molecule has 0 aromatic heterocycles. The average Bonchev–Trinajstić information content (AvgIpc) is 2.72. The van der Waals surface area contributed by atoms with Crippen molar-refractivity contribution >= 4 is 17.6 Å². The fourth-order valence-electron chi connectivity index (χ4n) is 2.19. The van der Waals surface area contributed by atoms with Gasteiger partial charge in [0.25, 0.3) is 0 Å². The van der Waals surface area contributed by atoms with E-state index in [-0.39, 0.29) is 37.0 Å². The molecule has 0 bridgehead atoms. The van der Waals surface area contributed by atoms with Crippen LogP contribution in [0.15, 0.2) is 18.2 Å². The predicted octanol–water partition coefficient (Wildman–Crippen LogP) is 1.94. The summed E-state index contributed by atoms with van der Waals surface area (Å²) < 4.78 is 5.49. The number of amides is 2. The van der Waals surface area contributed by atoms with E-state index in [1.54, 1.807) is 18.2 Å². The van der Waals surface area contributed by atoms with Gasteiger partial charge in [-0.3, -0.25) is 19.3 Å². The van der Waals surface area contributed by atoms with Gasteiger partial charge in [0.1, 0.15) is 5.75 Å². The molecular formula is C15H17NO4. The number of nitrogens with zero attached hydrogens (tertiary/aromatic N) is 1. The first-order chi connectivity index (χ1) is 9.52. The topological polar surface area (TPSA) is 63.7 Å². The Bertz CT molecular complexity index is 549. The second-order valence-electron chi connectivity index (χ2n) is 4.69. The zero-order valence-electron chi connectivity index (χ0n) is 11.6. The number of imide groups is 1. The predicted molar refractivity (Wildman–Crippen MR) is 72.4 cm³/mol. The normalized spacial score (nSPS) is 14.8. The maximum Gasteiger partial charge on any atom is 0.230 e. The zero-order valence-corrected chi connectivity index (χ0v) is 11.6. The van der Waals surface area contributed by atoms with Gasteiger partial charge in [0, 0.05) is 24.0 Å². The molecule has 0 aliphatic carbocycles. The number of rotatable bonds is 5. The van der Waals surface area contributed by atoms with Gasteiger partial charge in [-0.05, 0) is 32.0 Å². The molecule has 2 rings (SSSR count). The van der Waals surface area contributed by atoms with Gasteiger partial charge in [0.2, 0.25) is 11.8 Å². The number of likely N-dealkylation sites (tertiary alicyclic amines) is 1. The molecule has 20 heavy (non-hydrogen) atoms. The van der Waals surface area contributed by atoms with E-state index >= 15 is 0 Å². The van der Waals surface area contributed by atoms with E-state index in [9.17, 15) is 14.4 Å².